The SMILES string of the molecule is CC1(C)O[C@@H]2[C@@H](Oc3cccc(C(F)(F)F)n3)CN(C(=O)NNC(=O)c3ccccc3)C[C@@H]2O1. The van der Waals surface area contributed by atoms with E-state index in [0.29, 0.717) is 5.56 Å². The smallest absolute Gasteiger partial charge is 0.433 e. The average Bonchev–Trinajstić information content (AvgIpc) is 3.11. The third kappa shape index (κ3) is 5.39. The number of aromatic nitrogens is 1. The number of halogens is 3. The van der Waals surface area contributed by atoms with Crippen molar-refractivity contribution in [2.75, 3.05) is 13.1 Å². The number of nitrogens with one attached hydrogen (secondary N) is 2. The number of hydrogen-bond acceptors (Lipinski definition) is 6. The number of amides is 3. The molecule has 2 aromatic rings. The van der Waals surface area contributed by atoms with Crippen molar-refractivity contribution in [2.45, 2.75) is 44.1 Å². The second kappa shape index (κ2) is 9.11. The molecule has 2 aliphatic heterocycles. The van der Waals surface area contributed by atoms with E-state index in [0.717, 1.165) is 6.07 Å². The fraction of sp³-hybridized carbons (Fsp3) is 0.409. The van der Waals surface area contributed by atoms with Gasteiger partial charge in [-0.1, -0.05) is 24.3 Å². The molecular weight excluding hydrogens is 457 g/mol. The van der Waals surface area contributed by atoms with Crippen LogP contribution in [0.4, 0.5) is 18.0 Å². The molecule has 2 aliphatic rings. The summed E-state index contributed by atoms with van der Waals surface area (Å²) in [6.07, 6.45) is -6.75. The minimum atomic E-state index is -4.63. The fourth-order valence-electron chi connectivity index (χ4n) is 3.85. The van der Waals surface area contributed by atoms with E-state index in [1.807, 2.05) is 0 Å². The zero-order chi connectivity index (χ0) is 24.5. The molecule has 12 heteroatoms. The molecule has 4 rings (SSSR count). The molecule has 0 radical (unpaired) electrons. The lowest BCUT2D eigenvalue weighted by molar-refractivity contribution is -0.151. The predicted octanol–water partition coefficient (Wildman–Crippen LogP) is 2.74. The van der Waals surface area contributed by atoms with Gasteiger partial charge in [-0.05, 0) is 32.0 Å². The van der Waals surface area contributed by atoms with Crippen molar-refractivity contribution in [3.63, 3.8) is 0 Å². The highest BCUT2D eigenvalue weighted by atomic mass is 19.4. The molecule has 182 valence electrons. The molecule has 9 nitrogen and oxygen atoms in total. The van der Waals surface area contributed by atoms with Crippen LogP contribution in [0.15, 0.2) is 48.5 Å². The van der Waals surface area contributed by atoms with E-state index in [9.17, 15) is 22.8 Å². The number of fused-ring (bicyclic) bond motifs is 1. The van der Waals surface area contributed by atoms with Gasteiger partial charge in [-0.3, -0.25) is 10.2 Å². The molecule has 1 aromatic heterocycles. The normalized spacial score (nSPS) is 23.7. The van der Waals surface area contributed by atoms with Crippen molar-refractivity contribution >= 4 is 11.9 Å². The minimum Gasteiger partial charge on any atom is -0.470 e. The number of ether oxygens (including phenoxy) is 3. The van der Waals surface area contributed by atoms with E-state index in [1.54, 1.807) is 44.2 Å². The number of rotatable bonds is 3. The molecule has 0 unspecified atom stereocenters. The number of carbonyl (C=O) groups excluding carboxylic acids is 2. The minimum absolute atomic E-state index is 0.0361. The number of pyridine rings is 1. The molecular formula is C22H23F3N4O5. The van der Waals surface area contributed by atoms with E-state index < -0.39 is 47.9 Å². The van der Waals surface area contributed by atoms with Crippen molar-refractivity contribution in [1.29, 1.82) is 0 Å². The van der Waals surface area contributed by atoms with Crippen molar-refractivity contribution < 1.29 is 37.0 Å². The Morgan fingerprint density at radius 2 is 1.79 bits per heavy atom. The third-order valence-corrected chi connectivity index (χ3v) is 5.28. The van der Waals surface area contributed by atoms with Crippen molar-refractivity contribution in [2.24, 2.45) is 0 Å². The number of benzene rings is 1. The molecule has 0 saturated carbocycles. The molecule has 2 saturated heterocycles. The fourth-order valence-corrected chi connectivity index (χ4v) is 3.85. The summed E-state index contributed by atoms with van der Waals surface area (Å²) in [5.74, 6) is -1.75. The van der Waals surface area contributed by atoms with Gasteiger partial charge in [0.25, 0.3) is 5.91 Å². The number of carbonyl (C=O) groups is 2. The second-order valence-electron chi connectivity index (χ2n) is 8.31. The van der Waals surface area contributed by atoms with E-state index in [1.165, 1.54) is 17.0 Å². The van der Waals surface area contributed by atoms with Crippen LogP contribution in [0.3, 0.4) is 0 Å². The summed E-state index contributed by atoms with van der Waals surface area (Å²) in [5, 5.41) is 0. The third-order valence-electron chi connectivity index (χ3n) is 5.28. The Morgan fingerprint density at radius 3 is 2.50 bits per heavy atom. The van der Waals surface area contributed by atoms with Crippen LogP contribution >= 0.6 is 0 Å². The average molecular weight is 480 g/mol. The van der Waals surface area contributed by atoms with Gasteiger partial charge in [0.2, 0.25) is 5.88 Å². The van der Waals surface area contributed by atoms with Gasteiger partial charge in [0.05, 0.1) is 13.1 Å². The van der Waals surface area contributed by atoms with Gasteiger partial charge in [0, 0.05) is 11.6 Å². The van der Waals surface area contributed by atoms with Gasteiger partial charge in [-0.25, -0.2) is 15.2 Å². The van der Waals surface area contributed by atoms with Crippen LogP contribution in [0, 0.1) is 0 Å². The second-order valence-corrected chi connectivity index (χ2v) is 8.31. The van der Waals surface area contributed by atoms with E-state index in [-0.39, 0.29) is 19.0 Å². The zero-order valence-corrected chi connectivity index (χ0v) is 18.3. The number of piperidine rings is 1. The topological polar surface area (TPSA) is 102 Å². The maximum Gasteiger partial charge on any atom is 0.433 e. The number of nitrogens with zero attached hydrogens (tertiary/aromatic N) is 2. The molecule has 0 bridgehead atoms. The monoisotopic (exact) mass is 480 g/mol. The Morgan fingerprint density at radius 1 is 1.06 bits per heavy atom. The first kappa shape index (κ1) is 23.8. The van der Waals surface area contributed by atoms with Gasteiger partial charge < -0.3 is 19.1 Å². The van der Waals surface area contributed by atoms with Crippen LogP contribution in [0.5, 0.6) is 5.88 Å². The predicted molar refractivity (Wildman–Crippen MR) is 111 cm³/mol. The van der Waals surface area contributed by atoms with E-state index in [2.05, 4.69) is 15.8 Å². The first-order valence-electron chi connectivity index (χ1n) is 10.5. The first-order valence-corrected chi connectivity index (χ1v) is 10.5. The summed E-state index contributed by atoms with van der Waals surface area (Å²) < 4.78 is 56.6. The highest BCUT2D eigenvalue weighted by Gasteiger charge is 2.51. The van der Waals surface area contributed by atoms with Gasteiger partial charge in [0.15, 0.2) is 5.79 Å². The quantitative estimate of drug-likeness (QED) is 0.656. The van der Waals surface area contributed by atoms with Crippen LogP contribution < -0.4 is 15.6 Å². The summed E-state index contributed by atoms with van der Waals surface area (Å²) >= 11 is 0. The summed E-state index contributed by atoms with van der Waals surface area (Å²) in [7, 11) is 0. The lowest BCUT2D eigenvalue weighted by Crippen LogP contribution is -2.61. The van der Waals surface area contributed by atoms with Crippen molar-refractivity contribution in [3.05, 3.63) is 59.8 Å². The highest BCUT2D eigenvalue weighted by molar-refractivity contribution is 5.95. The largest absolute Gasteiger partial charge is 0.470 e. The lowest BCUT2D eigenvalue weighted by Gasteiger charge is -2.38. The molecule has 2 N–H and O–H groups in total. The van der Waals surface area contributed by atoms with Gasteiger partial charge >= 0.3 is 12.2 Å². The Bertz CT molecular complexity index is 1050. The maximum absolute atomic E-state index is 13.0. The standard InChI is InChI=1S/C22H23F3N4O5/c1-21(2)33-15-12-29(20(31)28-27-19(30)13-7-4-3-5-8-13)11-14(18(15)34-21)32-17-10-6-9-16(26-17)22(23,24)25/h3-10,14-15,18H,11-12H2,1-2H3,(H,27,30)(H,28,31)/t14-,15-,18+/m0/s1. The highest BCUT2D eigenvalue weighted by Crippen LogP contribution is 2.35. The number of likely N-dealkylation sites (tertiary alicyclic amines) is 1. The first-order chi connectivity index (χ1) is 16.0. The molecule has 3 amide bonds. The summed E-state index contributed by atoms with van der Waals surface area (Å²) in [6, 6.07) is 11.0. The van der Waals surface area contributed by atoms with Crippen LogP contribution in [0.1, 0.15) is 29.9 Å². The van der Waals surface area contributed by atoms with Crippen LogP contribution in [0.25, 0.3) is 0 Å². The van der Waals surface area contributed by atoms with Crippen LogP contribution in [0.2, 0.25) is 0 Å². The number of hydrazine groups is 1. The Hall–Kier alpha value is -3.38. The summed E-state index contributed by atoms with van der Waals surface area (Å²) in [6.45, 7) is 3.47. The van der Waals surface area contributed by atoms with Crippen LogP contribution in [-0.2, 0) is 15.7 Å². The maximum atomic E-state index is 13.0. The summed E-state index contributed by atoms with van der Waals surface area (Å²) in [4.78, 5) is 29.8. The Labute approximate surface area is 193 Å². The lowest BCUT2D eigenvalue weighted by atomic mass is 10.0. The van der Waals surface area contributed by atoms with Crippen LogP contribution in [-0.4, -0.2) is 59.0 Å². The van der Waals surface area contributed by atoms with Crippen molar-refractivity contribution in [3.8, 4) is 5.88 Å². The summed E-state index contributed by atoms with van der Waals surface area (Å²) in [5.41, 5.74) is 3.92. The molecule has 1 aromatic carbocycles. The number of hydrogen-bond donors (Lipinski definition) is 2. The number of alkyl halides is 3. The van der Waals surface area contributed by atoms with Gasteiger partial charge in [-0.15, -0.1) is 0 Å². The molecule has 3 heterocycles. The molecule has 3 atom stereocenters. The Kier molecular flexibility index (Phi) is 6.36. The van der Waals surface area contributed by atoms with Gasteiger partial charge in [0.1, 0.15) is 24.0 Å². The number of urea groups is 1. The zero-order valence-electron chi connectivity index (χ0n) is 18.3. The van der Waals surface area contributed by atoms with E-state index >= 15 is 0 Å². The Balaban J connectivity index is 1.47. The van der Waals surface area contributed by atoms with E-state index in [4.69, 9.17) is 14.2 Å². The molecule has 0 spiro atoms. The molecule has 0 aliphatic carbocycles. The molecule has 34 heavy (non-hydrogen) atoms. The molecule has 2 fully saturated rings. The van der Waals surface area contributed by atoms with Gasteiger partial charge in [-0.2, -0.15) is 13.2 Å². The van der Waals surface area contributed by atoms with Crippen molar-refractivity contribution in [1.82, 2.24) is 20.7 Å².